The summed E-state index contributed by atoms with van der Waals surface area (Å²) in [5, 5.41) is 51.5. The van der Waals surface area contributed by atoms with E-state index in [1.807, 2.05) is 61.5 Å². The minimum Gasteiger partial charge on any atom is -0.466 e. The van der Waals surface area contributed by atoms with E-state index in [-0.39, 0.29) is 35.2 Å². The van der Waals surface area contributed by atoms with Crippen LogP contribution in [0, 0.1) is 0 Å². The van der Waals surface area contributed by atoms with Crippen molar-refractivity contribution in [2.45, 2.75) is 144 Å². The number of benzene rings is 1. The highest BCUT2D eigenvalue weighted by atomic mass is 16.5. The first-order chi connectivity index (χ1) is 63.0. The third-order valence-electron chi connectivity index (χ3n) is 16.3. The normalized spacial score (nSPS) is 12.5. The minimum absolute atomic E-state index is 0.131. The van der Waals surface area contributed by atoms with Crippen LogP contribution in [0.15, 0.2) is 180 Å². The third kappa shape index (κ3) is 33.4. The molecule has 0 radical (unpaired) electrons. The SMILES string of the molecule is CC.CC.CC.CC.COC(=O)/C=C\n1nnn(-c2ccccc2)c1=O.COC(=O)/C=C\n1nnn(-c2ccccn2)c1=O.COC(=O)/C=C\n1nnn(-c2cccnc2)c1=O.COC(=O)/C=C\n1nnn(-c2ccncc2)c1=O.COC(=O)/C=C\n1nnn(C2CC2)c1=O.COC(=O)/C=C\n1nnn(C2CCCC2)c1=O.COC(=O)/C=C\n1nnn(C2CCCCC2)c1=O. The number of carbonyl (C=O) groups excluding carboxylic acids is 7. The largest absolute Gasteiger partial charge is 0.466 e. The van der Waals surface area contributed by atoms with Gasteiger partial charge >= 0.3 is 81.6 Å². The number of para-hydroxylation sites is 1. The smallest absolute Gasteiger partial charge is 0.374 e. The molecule has 3 saturated carbocycles. The van der Waals surface area contributed by atoms with E-state index in [4.69, 9.17) is 0 Å². The monoisotopic (exact) mass is 1810 g/mol. The fourth-order valence-corrected chi connectivity index (χ4v) is 10.0. The fourth-order valence-electron chi connectivity index (χ4n) is 10.0. The topological polar surface area (TPSA) is 592 Å². The molecule has 3 fully saturated rings. The first kappa shape index (κ1) is 106. The molecule has 3 aliphatic carbocycles. The zero-order valence-electron chi connectivity index (χ0n) is 73.8. The molecule has 694 valence electrons. The van der Waals surface area contributed by atoms with E-state index in [2.05, 4.69) is 121 Å². The van der Waals surface area contributed by atoms with Crippen LogP contribution in [0.2, 0.25) is 0 Å². The average Bonchev–Trinajstić information content (AvgIpc) is 1.65. The molecule has 52 heteroatoms. The Balaban J connectivity index is 0.000000313. The van der Waals surface area contributed by atoms with Crippen molar-refractivity contribution in [2.24, 2.45) is 0 Å². The lowest BCUT2D eigenvalue weighted by molar-refractivity contribution is -0.135. The van der Waals surface area contributed by atoms with E-state index in [9.17, 15) is 67.1 Å². The number of nitrogens with zero attached hydrogens (tertiary/aromatic N) is 31. The van der Waals surface area contributed by atoms with Crippen LogP contribution in [0.5, 0.6) is 0 Å². The van der Waals surface area contributed by atoms with Gasteiger partial charge in [-0.25, -0.2) is 72.1 Å². The Kier molecular flexibility index (Phi) is 47.4. The molecule has 11 aromatic rings. The Morgan fingerprint density at radius 3 is 0.838 bits per heavy atom. The maximum absolute atomic E-state index is 12.0. The summed E-state index contributed by atoms with van der Waals surface area (Å²) < 4.78 is 46.0. The molecule has 0 saturated heterocycles. The summed E-state index contributed by atoms with van der Waals surface area (Å²) in [5.74, 6) is -3.59. The van der Waals surface area contributed by atoms with E-state index in [0.717, 1.165) is 158 Å². The molecule has 0 spiro atoms. The van der Waals surface area contributed by atoms with Gasteiger partial charge in [-0.2, -0.15) is 60.9 Å². The predicted molar refractivity (Wildman–Crippen MR) is 463 cm³/mol. The molecule has 10 aromatic heterocycles. The molecule has 10 heterocycles. The Morgan fingerprint density at radius 2 is 0.538 bits per heavy atom. The van der Waals surface area contributed by atoms with Gasteiger partial charge in [-0.1, -0.05) is 112 Å². The van der Waals surface area contributed by atoms with Crippen molar-refractivity contribution in [2.75, 3.05) is 49.8 Å². The molecule has 0 atom stereocenters. The molecule has 1 aromatic carbocycles. The highest BCUT2D eigenvalue weighted by molar-refractivity contribution is 5.87. The summed E-state index contributed by atoms with van der Waals surface area (Å²) in [6, 6.07) is 20.9. The molecule has 130 heavy (non-hydrogen) atoms. The summed E-state index contributed by atoms with van der Waals surface area (Å²) in [6.45, 7) is 16.0. The van der Waals surface area contributed by atoms with Crippen molar-refractivity contribution in [1.82, 2.24) is 153 Å². The summed E-state index contributed by atoms with van der Waals surface area (Å²) in [4.78, 5) is 171. The van der Waals surface area contributed by atoms with Crippen molar-refractivity contribution >= 4 is 85.2 Å². The second kappa shape index (κ2) is 58.4. The number of methoxy groups -OCH3 is 7. The highest BCUT2D eigenvalue weighted by Crippen LogP contribution is 2.32. The number of tetrazole rings is 7. The Hall–Kier alpha value is -16.8. The predicted octanol–water partition coefficient (Wildman–Crippen LogP) is 2.79. The van der Waals surface area contributed by atoms with E-state index in [1.54, 1.807) is 72.9 Å². The molecule has 0 N–H and O–H groups in total. The van der Waals surface area contributed by atoms with Crippen LogP contribution in [-0.4, -0.2) is 245 Å². The van der Waals surface area contributed by atoms with Gasteiger partial charge < -0.3 is 33.2 Å². The van der Waals surface area contributed by atoms with Gasteiger partial charge in [-0.05, 0) is 160 Å². The van der Waals surface area contributed by atoms with Crippen molar-refractivity contribution in [3.05, 3.63) is 220 Å². The van der Waals surface area contributed by atoms with Crippen LogP contribution in [0.3, 0.4) is 0 Å². The van der Waals surface area contributed by atoms with E-state index in [0.29, 0.717) is 22.9 Å². The number of pyridine rings is 3. The summed E-state index contributed by atoms with van der Waals surface area (Å²) in [7, 11) is 8.76. The molecule has 14 rings (SSSR count). The third-order valence-corrected chi connectivity index (χ3v) is 16.3. The number of ether oxygens (including phenoxy) is 7. The highest BCUT2D eigenvalue weighted by Gasteiger charge is 2.28. The second-order valence-corrected chi connectivity index (χ2v) is 24.2. The van der Waals surface area contributed by atoms with E-state index in [1.165, 1.54) is 138 Å². The maximum Gasteiger partial charge on any atom is 0.374 e. The van der Waals surface area contributed by atoms with Gasteiger partial charge in [0.05, 0.1) is 91.2 Å². The first-order valence-corrected chi connectivity index (χ1v) is 40.0. The molecule has 0 amide bonds. The molecular weight excluding hydrogens is 1710 g/mol. The van der Waals surface area contributed by atoms with Gasteiger partial charge in [0.1, 0.15) is 0 Å². The second-order valence-electron chi connectivity index (χ2n) is 24.2. The number of esters is 7. The summed E-state index contributed by atoms with van der Waals surface area (Å²) in [6.07, 6.45) is 35.2. The quantitative estimate of drug-likeness (QED) is 0.0567. The lowest BCUT2D eigenvalue weighted by Crippen LogP contribution is -2.28. The number of rotatable bonds is 21. The van der Waals surface area contributed by atoms with Gasteiger partial charge in [0.2, 0.25) is 0 Å². The van der Waals surface area contributed by atoms with Gasteiger partial charge in [-0.15, -0.1) is 4.68 Å². The van der Waals surface area contributed by atoms with Crippen molar-refractivity contribution < 1.29 is 66.7 Å². The molecule has 0 unspecified atom stereocenters. The van der Waals surface area contributed by atoms with Gasteiger partial charge in [0, 0.05) is 111 Å². The Morgan fingerprint density at radius 1 is 0.269 bits per heavy atom. The Labute approximate surface area is 739 Å². The summed E-state index contributed by atoms with van der Waals surface area (Å²) in [5.41, 5.74) is -1.37. The molecule has 3 aliphatic rings. The van der Waals surface area contributed by atoms with Crippen molar-refractivity contribution in [1.29, 1.82) is 0 Å². The molecule has 0 bridgehead atoms. The van der Waals surface area contributed by atoms with E-state index < -0.39 is 64.5 Å². The van der Waals surface area contributed by atoms with Gasteiger partial charge in [0.15, 0.2) is 5.82 Å². The number of aromatic nitrogens is 31. The van der Waals surface area contributed by atoms with Crippen LogP contribution in [0.25, 0.3) is 66.3 Å². The van der Waals surface area contributed by atoms with Crippen LogP contribution >= 0.6 is 0 Å². The van der Waals surface area contributed by atoms with E-state index >= 15 is 0 Å². The van der Waals surface area contributed by atoms with Crippen LogP contribution < -0.4 is 39.8 Å². The standard InChI is InChI=1S/C11H16N4O3.C11H10N4O3.3C10H9N5O3.C10H14N4O3.C8H10N4O3.4C2H6/c2*1-18-10(16)7-8-14-11(17)15(13-12-14)9-5-3-2-4-6-9;1-18-9(16)4-7-14-10(17)15(13-12-14)8-2-5-11-6-3-8;1-18-9(16)4-6-14-10(17)15(13-12-14)8-3-2-5-11-7-8;1-18-9(16)5-7-14-10(17)15(13-12-14)8-4-2-3-6-11-8;1-17-9(15)6-7-13-10(16)14(12-11-13)8-4-2-3-5-8;1-15-7(13)4-5-11-8(14)12(10-9-11)6-2-3-6;4*1-2/h7-9H,2-6H2,1H3;2-8H,1H3;3*2-7H,1H3;6-8H,2-5H2,1H3;4-6H,2-3H2,1H3;4*1-2H3/b2*8-7-;7-4-;6-4-;7-5-;7-6-;5-4-;;;;. The zero-order valence-corrected chi connectivity index (χ0v) is 73.8. The van der Waals surface area contributed by atoms with Crippen LogP contribution in [0.4, 0.5) is 0 Å². The number of hydrogen-bond donors (Lipinski definition) is 0. The van der Waals surface area contributed by atoms with Crippen LogP contribution in [-0.2, 0) is 66.7 Å². The number of hydrogen-bond acceptors (Lipinski definition) is 38. The molecular formula is C78H101N31O21. The van der Waals surface area contributed by atoms with Crippen LogP contribution in [0.1, 0.15) is 144 Å². The van der Waals surface area contributed by atoms with Crippen molar-refractivity contribution in [3.8, 4) is 22.9 Å². The first-order valence-electron chi connectivity index (χ1n) is 40.0. The zero-order chi connectivity index (χ0) is 95.9. The maximum atomic E-state index is 12.0. The fraction of sp³-hybridized carbons (Fsp3) is 0.372. The average molecular weight is 1810 g/mol. The lowest BCUT2D eigenvalue weighted by Gasteiger charge is -2.19. The van der Waals surface area contributed by atoms with Crippen molar-refractivity contribution in [3.63, 3.8) is 0 Å². The Bertz CT molecular complexity index is 5520. The van der Waals surface area contributed by atoms with Gasteiger partial charge in [-0.3, -0.25) is 9.97 Å². The van der Waals surface area contributed by atoms with Gasteiger partial charge in [0.25, 0.3) is 0 Å². The molecule has 52 nitrogen and oxygen atoms in total. The minimum atomic E-state index is -0.589. The summed E-state index contributed by atoms with van der Waals surface area (Å²) >= 11 is 0. The molecule has 0 aliphatic heterocycles. The lowest BCUT2D eigenvalue weighted by atomic mass is 9.96. The number of carbonyl (C=O) groups is 7.